The van der Waals surface area contributed by atoms with Gasteiger partial charge in [0.25, 0.3) is 11.4 Å². The van der Waals surface area contributed by atoms with Gasteiger partial charge >= 0.3 is 0 Å². The summed E-state index contributed by atoms with van der Waals surface area (Å²) in [6, 6.07) is 3.39. The fourth-order valence-corrected chi connectivity index (χ4v) is 1.88. The Morgan fingerprint density at radius 1 is 1.00 bits per heavy atom. The molecule has 0 amide bonds. The first-order valence-corrected chi connectivity index (χ1v) is 7.97. The lowest BCUT2D eigenvalue weighted by atomic mass is 10.2. The van der Waals surface area contributed by atoms with E-state index in [1.807, 2.05) is 0 Å². The first-order valence-electron chi connectivity index (χ1n) is 7.97. The summed E-state index contributed by atoms with van der Waals surface area (Å²) >= 11 is 0. The molecular formula is C14H20N6O7. The average Bonchev–Trinajstić information content (AvgIpc) is 2.65. The summed E-state index contributed by atoms with van der Waals surface area (Å²) in [7, 11) is 0. The van der Waals surface area contributed by atoms with Gasteiger partial charge in [0.05, 0.1) is 55.6 Å². The quantitative estimate of drug-likeness (QED) is 0.120. The van der Waals surface area contributed by atoms with Gasteiger partial charge in [0.15, 0.2) is 0 Å². The molecule has 1 aromatic carbocycles. The van der Waals surface area contributed by atoms with E-state index in [0.29, 0.717) is 39.6 Å². The van der Waals surface area contributed by atoms with Crippen molar-refractivity contribution < 1.29 is 24.1 Å². The molecule has 0 spiro atoms. The lowest BCUT2D eigenvalue weighted by molar-refractivity contribution is -0.393. The summed E-state index contributed by atoms with van der Waals surface area (Å²) in [5.74, 6) is 0. The summed E-state index contributed by atoms with van der Waals surface area (Å²) < 4.78 is 15.7. The largest absolute Gasteiger partial charge is 0.379 e. The maximum Gasteiger partial charge on any atom is 0.299 e. The molecule has 0 aliphatic carbocycles. The van der Waals surface area contributed by atoms with Crippen LogP contribution in [0.25, 0.3) is 10.4 Å². The van der Waals surface area contributed by atoms with Gasteiger partial charge in [-0.15, -0.1) is 0 Å². The molecule has 0 aliphatic rings. The molecule has 0 unspecified atom stereocenters. The van der Waals surface area contributed by atoms with Crippen LogP contribution in [-0.4, -0.2) is 62.6 Å². The van der Waals surface area contributed by atoms with E-state index in [2.05, 4.69) is 15.3 Å². The molecule has 0 bridgehead atoms. The predicted octanol–water partition coefficient (Wildman–Crippen LogP) is 2.27. The number of hydrogen-bond acceptors (Lipinski definition) is 9. The number of anilines is 1. The maximum absolute atomic E-state index is 11.0. The Balaban J connectivity index is 2.14. The zero-order valence-corrected chi connectivity index (χ0v) is 14.5. The van der Waals surface area contributed by atoms with E-state index in [1.54, 1.807) is 0 Å². The summed E-state index contributed by atoms with van der Waals surface area (Å²) in [5.41, 5.74) is 7.54. The summed E-state index contributed by atoms with van der Waals surface area (Å²) in [5, 5.41) is 27.8. The fourth-order valence-electron chi connectivity index (χ4n) is 1.88. The van der Waals surface area contributed by atoms with E-state index in [-0.39, 0.29) is 30.2 Å². The zero-order chi connectivity index (χ0) is 19.9. The van der Waals surface area contributed by atoms with Crippen molar-refractivity contribution in [3.63, 3.8) is 0 Å². The van der Waals surface area contributed by atoms with Gasteiger partial charge in [-0.05, 0) is 11.6 Å². The highest BCUT2D eigenvalue weighted by atomic mass is 16.6. The standard InChI is InChI=1S/C14H20N6O7/c15-18-17-4-6-26-8-10-27-9-7-25-5-3-16-13-2-1-12(19(21)22)11-14(13)20(23)24/h1-2,11,16H,3-10H2. The SMILES string of the molecule is [N-]=[N+]=NCCOCCOCCOCCNc1ccc([N+](=O)[O-])cc1[N+](=O)[O-]. The molecule has 1 aromatic rings. The highest BCUT2D eigenvalue weighted by Crippen LogP contribution is 2.28. The minimum Gasteiger partial charge on any atom is -0.379 e. The first-order chi connectivity index (χ1) is 13.1. The lowest BCUT2D eigenvalue weighted by Gasteiger charge is -2.08. The van der Waals surface area contributed by atoms with E-state index in [9.17, 15) is 20.2 Å². The van der Waals surface area contributed by atoms with Gasteiger partial charge in [0.1, 0.15) is 5.69 Å². The minimum atomic E-state index is -0.689. The van der Waals surface area contributed by atoms with Crippen LogP contribution in [0, 0.1) is 20.2 Å². The Bertz CT molecular complexity index is 665. The highest BCUT2D eigenvalue weighted by Gasteiger charge is 2.18. The zero-order valence-electron chi connectivity index (χ0n) is 14.5. The molecule has 0 saturated carbocycles. The van der Waals surface area contributed by atoms with Crippen molar-refractivity contribution in [2.24, 2.45) is 5.11 Å². The van der Waals surface area contributed by atoms with Crippen molar-refractivity contribution in [1.82, 2.24) is 0 Å². The molecule has 1 N–H and O–H groups in total. The second-order valence-corrected chi connectivity index (χ2v) is 4.93. The molecule has 0 heterocycles. The van der Waals surface area contributed by atoms with Gasteiger partial charge in [-0.2, -0.15) is 0 Å². The van der Waals surface area contributed by atoms with Crippen LogP contribution in [0.1, 0.15) is 0 Å². The Morgan fingerprint density at radius 2 is 1.63 bits per heavy atom. The number of benzene rings is 1. The van der Waals surface area contributed by atoms with Gasteiger partial charge in [0.2, 0.25) is 0 Å². The van der Waals surface area contributed by atoms with E-state index in [4.69, 9.17) is 19.7 Å². The Hall–Kier alpha value is -2.99. The summed E-state index contributed by atoms with van der Waals surface area (Å²) in [6.07, 6.45) is 0. The van der Waals surface area contributed by atoms with Gasteiger partial charge in [-0.1, -0.05) is 5.11 Å². The van der Waals surface area contributed by atoms with E-state index in [1.165, 1.54) is 12.1 Å². The topological polar surface area (TPSA) is 175 Å². The van der Waals surface area contributed by atoms with Gasteiger partial charge in [-0.3, -0.25) is 20.2 Å². The summed E-state index contributed by atoms with van der Waals surface area (Å²) in [6.45, 7) is 2.64. The molecule has 0 saturated heterocycles. The summed E-state index contributed by atoms with van der Waals surface area (Å²) in [4.78, 5) is 22.9. The molecule has 0 aromatic heterocycles. The maximum atomic E-state index is 11.0. The molecule has 1 rings (SSSR count). The second-order valence-electron chi connectivity index (χ2n) is 4.93. The molecule has 13 heteroatoms. The minimum absolute atomic E-state index is 0.184. The first kappa shape index (κ1) is 22.1. The molecule has 0 atom stereocenters. The van der Waals surface area contributed by atoms with E-state index < -0.39 is 9.85 Å². The van der Waals surface area contributed by atoms with Crippen LogP contribution in [0.15, 0.2) is 23.3 Å². The smallest absolute Gasteiger partial charge is 0.299 e. The number of nitrogens with one attached hydrogen (secondary N) is 1. The van der Waals surface area contributed by atoms with Crippen LogP contribution in [0.3, 0.4) is 0 Å². The third kappa shape index (κ3) is 9.32. The van der Waals surface area contributed by atoms with Crippen molar-refractivity contribution in [2.45, 2.75) is 0 Å². The number of nitrogens with zero attached hydrogens (tertiary/aromatic N) is 5. The number of ether oxygens (including phenoxy) is 3. The van der Waals surface area contributed by atoms with Crippen molar-refractivity contribution in [3.8, 4) is 0 Å². The molecule has 27 heavy (non-hydrogen) atoms. The van der Waals surface area contributed by atoms with Crippen LogP contribution in [0.4, 0.5) is 17.1 Å². The normalized spacial score (nSPS) is 10.2. The molecule has 13 nitrogen and oxygen atoms in total. The average molecular weight is 384 g/mol. The van der Waals surface area contributed by atoms with Crippen LogP contribution >= 0.6 is 0 Å². The third-order valence-corrected chi connectivity index (χ3v) is 3.09. The number of hydrogen-bond donors (Lipinski definition) is 1. The number of azide groups is 1. The van der Waals surface area contributed by atoms with Crippen LogP contribution in [0.5, 0.6) is 0 Å². The van der Waals surface area contributed by atoms with Crippen molar-refractivity contribution >= 4 is 17.1 Å². The lowest BCUT2D eigenvalue weighted by Crippen LogP contribution is -2.14. The van der Waals surface area contributed by atoms with E-state index in [0.717, 1.165) is 6.07 Å². The molecular weight excluding hydrogens is 364 g/mol. The van der Waals surface area contributed by atoms with Gasteiger partial charge < -0.3 is 19.5 Å². The predicted molar refractivity (Wildman–Crippen MR) is 94.7 cm³/mol. The molecule has 0 aliphatic heterocycles. The fraction of sp³-hybridized carbons (Fsp3) is 0.571. The van der Waals surface area contributed by atoms with E-state index >= 15 is 0 Å². The Labute approximate surface area is 154 Å². The van der Waals surface area contributed by atoms with Crippen molar-refractivity contribution in [1.29, 1.82) is 0 Å². The van der Waals surface area contributed by atoms with Crippen LogP contribution in [0.2, 0.25) is 0 Å². The van der Waals surface area contributed by atoms with Crippen molar-refractivity contribution in [2.75, 3.05) is 58.0 Å². The number of non-ortho nitro benzene ring substituents is 1. The molecule has 148 valence electrons. The number of rotatable bonds is 15. The molecule has 0 fully saturated rings. The van der Waals surface area contributed by atoms with Gasteiger partial charge in [-0.25, -0.2) is 0 Å². The third-order valence-electron chi connectivity index (χ3n) is 3.09. The second kappa shape index (κ2) is 13.2. The number of nitro groups is 2. The molecule has 0 radical (unpaired) electrons. The highest BCUT2D eigenvalue weighted by molar-refractivity contribution is 5.65. The van der Waals surface area contributed by atoms with Crippen molar-refractivity contribution in [3.05, 3.63) is 48.9 Å². The Morgan fingerprint density at radius 3 is 2.22 bits per heavy atom. The monoisotopic (exact) mass is 384 g/mol. The number of nitro benzene ring substituents is 2. The Kier molecular flexibility index (Phi) is 10.8. The van der Waals surface area contributed by atoms with Gasteiger partial charge in [0, 0.05) is 24.1 Å². The van der Waals surface area contributed by atoms with Crippen LogP contribution in [-0.2, 0) is 14.2 Å². The van der Waals surface area contributed by atoms with Crippen LogP contribution < -0.4 is 5.32 Å².